The van der Waals surface area contributed by atoms with E-state index in [0.29, 0.717) is 0 Å². The number of nitrogen functional groups attached to an aromatic ring is 2. The Morgan fingerprint density at radius 3 is 1.95 bits per heavy atom. The normalized spacial score (nSPS) is 12.7. The Bertz CT molecular complexity index is 918. The minimum Gasteiger partial charge on any atom is -0.399 e. The summed E-state index contributed by atoms with van der Waals surface area (Å²) in [5.74, 6) is 0. The van der Waals surface area contributed by atoms with Crippen LogP contribution in [0.3, 0.4) is 0 Å². The molecule has 0 fully saturated rings. The quantitative estimate of drug-likeness (QED) is 0.459. The molecule has 0 amide bonds. The smallest absolute Gasteiger partial charge is 0.295 e. The van der Waals surface area contributed by atoms with E-state index < -0.39 is 30.0 Å². The van der Waals surface area contributed by atoms with Gasteiger partial charge in [0, 0.05) is 16.8 Å². The number of anilines is 2. The minimum absolute atomic E-state index is 0.0167. The molecule has 0 aliphatic heterocycles. The monoisotopic (exact) mass is 318 g/mol. The second kappa shape index (κ2) is 4.31. The van der Waals surface area contributed by atoms with Crippen molar-refractivity contribution in [3.8, 4) is 0 Å². The second-order valence-electron chi connectivity index (χ2n) is 4.08. The van der Waals surface area contributed by atoms with Gasteiger partial charge in [-0.05, 0) is 29.7 Å². The Morgan fingerprint density at radius 1 is 0.850 bits per heavy atom. The van der Waals surface area contributed by atoms with Crippen LogP contribution in [0, 0.1) is 0 Å². The van der Waals surface area contributed by atoms with Gasteiger partial charge in [0.15, 0.2) is 0 Å². The van der Waals surface area contributed by atoms with Crippen LogP contribution in [0.5, 0.6) is 0 Å². The van der Waals surface area contributed by atoms with E-state index in [0.717, 1.165) is 18.2 Å². The van der Waals surface area contributed by atoms with E-state index in [1.807, 2.05) is 0 Å². The van der Waals surface area contributed by atoms with E-state index in [-0.39, 0.29) is 22.1 Å². The van der Waals surface area contributed by atoms with E-state index in [1.54, 1.807) is 0 Å². The van der Waals surface area contributed by atoms with Crippen LogP contribution >= 0.6 is 0 Å². The molecule has 0 aliphatic carbocycles. The molecule has 0 aliphatic rings. The van der Waals surface area contributed by atoms with Gasteiger partial charge in [-0.1, -0.05) is 0 Å². The highest BCUT2D eigenvalue weighted by atomic mass is 32.2. The summed E-state index contributed by atoms with van der Waals surface area (Å²) in [5, 5.41) is -0.0145. The summed E-state index contributed by atoms with van der Waals surface area (Å²) in [6.45, 7) is 0. The zero-order valence-corrected chi connectivity index (χ0v) is 11.4. The molecule has 0 spiro atoms. The van der Waals surface area contributed by atoms with E-state index in [1.165, 1.54) is 6.07 Å². The lowest BCUT2D eigenvalue weighted by molar-refractivity contribution is 0.482. The van der Waals surface area contributed by atoms with E-state index >= 15 is 0 Å². The zero-order valence-electron chi connectivity index (χ0n) is 9.81. The summed E-state index contributed by atoms with van der Waals surface area (Å²) in [6, 6.07) is 4.17. The van der Waals surface area contributed by atoms with Crippen LogP contribution < -0.4 is 11.5 Å². The van der Waals surface area contributed by atoms with Crippen molar-refractivity contribution in [3.63, 3.8) is 0 Å². The largest absolute Gasteiger partial charge is 0.399 e. The summed E-state index contributed by atoms with van der Waals surface area (Å²) in [6.07, 6.45) is 0. The average Bonchev–Trinajstić information content (AvgIpc) is 2.24. The lowest BCUT2D eigenvalue weighted by Crippen LogP contribution is -2.05. The molecule has 0 radical (unpaired) electrons. The molecule has 20 heavy (non-hydrogen) atoms. The van der Waals surface area contributed by atoms with Crippen molar-refractivity contribution in [3.05, 3.63) is 24.3 Å². The molecule has 2 aromatic carbocycles. The van der Waals surface area contributed by atoms with Gasteiger partial charge in [-0.2, -0.15) is 16.8 Å². The van der Waals surface area contributed by atoms with Gasteiger partial charge in [0.05, 0.1) is 4.90 Å². The lowest BCUT2D eigenvalue weighted by Gasteiger charge is -2.10. The molecule has 108 valence electrons. The highest BCUT2D eigenvalue weighted by Crippen LogP contribution is 2.33. The third-order valence-electron chi connectivity index (χ3n) is 2.61. The first-order chi connectivity index (χ1) is 9.00. The number of hydrogen-bond acceptors (Lipinski definition) is 6. The Hall–Kier alpha value is -1.88. The van der Waals surface area contributed by atoms with Crippen molar-refractivity contribution in [1.82, 2.24) is 0 Å². The van der Waals surface area contributed by atoms with Crippen LogP contribution in [-0.2, 0) is 20.2 Å². The van der Waals surface area contributed by atoms with Crippen LogP contribution in [0.4, 0.5) is 11.4 Å². The lowest BCUT2D eigenvalue weighted by atomic mass is 10.1. The molecule has 10 heteroatoms. The Labute approximate surface area is 114 Å². The fourth-order valence-corrected chi connectivity index (χ4v) is 3.19. The van der Waals surface area contributed by atoms with Crippen LogP contribution in [0.25, 0.3) is 10.8 Å². The molecule has 0 heterocycles. The summed E-state index contributed by atoms with van der Waals surface area (Å²) in [5.41, 5.74) is 10.9. The number of benzene rings is 2. The van der Waals surface area contributed by atoms with Gasteiger partial charge in [-0.15, -0.1) is 0 Å². The maximum Gasteiger partial charge on any atom is 0.295 e. The maximum absolute atomic E-state index is 11.3. The Balaban J connectivity index is 3.03. The molecule has 0 atom stereocenters. The Kier molecular flexibility index (Phi) is 3.13. The van der Waals surface area contributed by atoms with E-state index in [4.69, 9.17) is 20.6 Å². The van der Waals surface area contributed by atoms with Gasteiger partial charge in [-0.25, -0.2) is 0 Å². The second-order valence-corrected chi connectivity index (χ2v) is 6.89. The van der Waals surface area contributed by atoms with Crippen LogP contribution in [0.2, 0.25) is 0 Å². The zero-order chi connectivity index (χ0) is 15.3. The van der Waals surface area contributed by atoms with Crippen LogP contribution in [-0.4, -0.2) is 25.9 Å². The number of fused-ring (bicyclic) bond motifs is 1. The minimum atomic E-state index is -4.59. The summed E-state index contributed by atoms with van der Waals surface area (Å²) < 4.78 is 63.0. The molecule has 0 saturated carbocycles. The van der Waals surface area contributed by atoms with Gasteiger partial charge in [0.2, 0.25) is 0 Å². The molecule has 8 nitrogen and oxygen atoms in total. The fraction of sp³-hybridized carbons (Fsp3) is 0. The van der Waals surface area contributed by atoms with Gasteiger partial charge in [0.25, 0.3) is 20.2 Å². The van der Waals surface area contributed by atoms with Gasteiger partial charge in [-0.3, -0.25) is 9.11 Å². The van der Waals surface area contributed by atoms with Crippen molar-refractivity contribution in [1.29, 1.82) is 0 Å². The standard InChI is InChI=1S/C10H10N2O6S2/c11-6-1-5-2-7(19(13,14)15)4-8(12)10(5)9(3-6)20(16,17)18/h1-4H,11-12H2,(H,13,14,15)(H,16,17,18). The van der Waals surface area contributed by atoms with Crippen molar-refractivity contribution in [2.75, 3.05) is 11.5 Å². The van der Waals surface area contributed by atoms with Crippen LogP contribution in [0.15, 0.2) is 34.1 Å². The predicted octanol–water partition coefficient (Wildman–Crippen LogP) is 0.498. The molecule has 0 unspecified atom stereocenters. The van der Waals surface area contributed by atoms with Crippen LogP contribution in [0.1, 0.15) is 0 Å². The Morgan fingerprint density at radius 2 is 1.45 bits per heavy atom. The predicted molar refractivity (Wildman–Crippen MR) is 72.4 cm³/mol. The number of rotatable bonds is 2. The third kappa shape index (κ3) is 2.54. The molecular weight excluding hydrogens is 308 g/mol. The van der Waals surface area contributed by atoms with Crippen molar-refractivity contribution < 1.29 is 25.9 Å². The molecule has 0 aromatic heterocycles. The summed E-state index contributed by atoms with van der Waals surface area (Å²) >= 11 is 0. The molecule has 2 rings (SSSR count). The first kappa shape index (κ1) is 14.5. The van der Waals surface area contributed by atoms with Crippen molar-refractivity contribution in [2.45, 2.75) is 9.79 Å². The highest BCUT2D eigenvalue weighted by Gasteiger charge is 2.20. The van der Waals surface area contributed by atoms with Gasteiger partial charge < -0.3 is 11.5 Å². The third-order valence-corrected chi connectivity index (χ3v) is 4.32. The number of nitrogens with two attached hydrogens (primary N) is 2. The first-order valence-corrected chi connectivity index (χ1v) is 7.96. The van der Waals surface area contributed by atoms with Crippen molar-refractivity contribution >= 4 is 42.4 Å². The van der Waals surface area contributed by atoms with Gasteiger partial charge in [0.1, 0.15) is 4.90 Å². The highest BCUT2D eigenvalue weighted by molar-refractivity contribution is 7.86. The molecule has 0 bridgehead atoms. The van der Waals surface area contributed by atoms with E-state index in [2.05, 4.69) is 0 Å². The maximum atomic E-state index is 11.3. The van der Waals surface area contributed by atoms with Crippen molar-refractivity contribution in [2.24, 2.45) is 0 Å². The first-order valence-electron chi connectivity index (χ1n) is 5.08. The molecule has 0 saturated heterocycles. The van der Waals surface area contributed by atoms with E-state index in [9.17, 15) is 16.8 Å². The summed E-state index contributed by atoms with van der Waals surface area (Å²) in [7, 11) is -9.11. The average molecular weight is 318 g/mol. The topological polar surface area (TPSA) is 161 Å². The van der Waals surface area contributed by atoms with Gasteiger partial charge >= 0.3 is 0 Å². The number of hydrogen-bond donors (Lipinski definition) is 4. The molecule has 6 N–H and O–H groups in total. The fourth-order valence-electron chi connectivity index (χ4n) is 1.85. The summed E-state index contributed by atoms with van der Waals surface area (Å²) in [4.78, 5) is -1.04. The SMILES string of the molecule is Nc1cc(S(=O)(=O)O)c2c(N)cc(S(=O)(=O)O)cc2c1. The molecular formula is C10H10N2O6S2. The molecule has 2 aromatic rings.